The van der Waals surface area contributed by atoms with Crippen molar-refractivity contribution in [1.82, 2.24) is 0 Å². The van der Waals surface area contributed by atoms with Crippen LogP contribution < -0.4 is 0 Å². The average Bonchev–Trinajstić information content (AvgIpc) is 3.07. The van der Waals surface area contributed by atoms with Gasteiger partial charge in [0, 0.05) is 12.5 Å². The van der Waals surface area contributed by atoms with E-state index >= 15 is 0 Å². The minimum atomic E-state index is -0.530. The monoisotopic (exact) mass is 434 g/mol. The van der Waals surface area contributed by atoms with Crippen LogP contribution in [0.4, 0.5) is 0 Å². The molecule has 4 aliphatic carbocycles. The molecule has 174 valence electrons. The van der Waals surface area contributed by atoms with Gasteiger partial charge in [-0.3, -0.25) is 9.59 Å². The number of hydrogen-bond acceptors (Lipinski definition) is 6. The van der Waals surface area contributed by atoms with Crippen molar-refractivity contribution in [3.63, 3.8) is 0 Å². The van der Waals surface area contributed by atoms with Crippen LogP contribution in [0.25, 0.3) is 0 Å². The lowest BCUT2D eigenvalue weighted by molar-refractivity contribution is -0.162. The smallest absolute Gasteiger partial charge is 0.184 e. The summed E-state index contributed by atoms with van der Waals surface area (Å²) in [5.41, 5.74) is 0.607. The molecule has 0 heterocycles. The predicted molar refractivity (Wildman–Crippen MR) is 115 cm³/mol. The molecular formula is C25H38O6. The van der Waals surface area contributed by atoms with Gasteiger partial charge in [0.15, 0.2) is 11.6 Å². The molecule has 0 saturated heterocycles. The number of allylic oxidation sites excluding steroid dienone is 1. The third-order valence-corrected chi connectivity index (χ3v) is 9.16. The lowest BCUT2D eigenvalue weighted by atomic mass is 9.45. The van der Waals surface area contributed by atoms with Crippen LogP contribution in [0.15, 0.2) is 11.6 Å². The zero-order valence-corrected chi connectivity index (χ0v) is 19.1. The molecule has 6 heteroatoms. The Hall–Kier alpha value is -1.08. The van der Waals surface area contributed by atoms with Gasteiger partial charge >= 0.3 is 0 Å². The van der Waals surface area contributed by atoms with Gasteiger partial charge in [-0.15, -0.1) is 0 Å². The molecule has 0 amide bonds. The quantitative estimate of drug-likeness (QED) is 0.473. The van der Waals surface area contributed by atoms with Gasteiger partial charge in [-0.1, -0.05) is 26.3 Å². The van der Waals surface area contributed by atoms with E-state index < -0.39 is 18.8 Å². The molecule has 0 aromatic carbocycles. The van der Waals surface area contributed by atoms with E-state index in [2.05, 4.69) is 13.8 Å². The third-order valence-electron chi connectivity index (χ3n) is 9.16. The van der Waals surface area contributed by atoms with Crippen molar-refractivity contribution < 1.29 is 29.3 Å². The molecule has 0 radical (unpaired) electrons. The van der Waals surface area contributed by atoms with Crippen LogP contribution in [-0.4, -0.2) is 54.0 Å². The molecule has 0 spiro atoms. The lowest BCUT2D eigenvalue weighted by Crippen LogP contribution is -2.58. The highest BCUT2D eigenvalue weighted by molar-refractivity contribution is 5.95. The fourth-order valence-corrected chi connectivity index (χ4v) is 7.84. The highest BCUT2D eigenvalue weighted by atomic mass is 16.7. The summed E-state index contributed by atoms with van der Waals surface area (Å²) in [6, 6.07) is 0. The zero-order chi connectivity index (χ0) is 22.4. The largest absolute Gasteiger partial charge is 0.393 e. The summed E-state index contributed by atoms with van der Waals surface area (Å²) in [6.07, 6.45) is 6.35. The van der Waals surface area contributed by atoms with Gasteiger partial charge in [-0.05, 0) is 79.6 Å². The predicted octanol–water partition coefficient (Wildman–Crippen LogP) is 3.05. The van der Waals surface area contributed by atoms with Gasteiger partial charge in [0.1, 0.15) is 19.5 Å². The van der Waals surface area contributed by atoms with E-state index in [1.165, 1.54) is 0 Å². The van der Waals surface area contributed by atoms with Gasteiger partial charge in [0.05, 0.1) is 6.10 Å². The van der Waals surface area contributed by atoms with Crippen molar-refractivity contribution >= 4 is 11.6 Å². The Balaban J connectivity index is 1.58. The summed E-state index contributed by atoms with van der Waals surface area (Å²) < 4.78 is 11.3. The second-order valence-electron chi connectivity index (χ2n) is 10.7. The van der Waals surface area contributed by atoms with Crippen molar-refractivity contribution in [3.05, 3.63) is 11.6 Å². The molecule has 4 aliphatic rings. The van der Waals surface area contributed by atoms with Gasteiger partial charge < -0.3 is 19.7 Å². The third kappa shape index (κ3) is 3.73. The second-order valence-corrected chi connectivity index (χ2v) is 10.7. The number of Topliss-reactive ketones (excluding diaryl/α,β-unsaturated/α-hetero) is 1. The standard InChI is InChI=1S/C25H38O6/c1-4-9-30-14-31-22-12-24(2)15(10-19(22)27)5-6-16-17-7-8-18(21(29)13-26)25(17,3)11-20(28)23(16)24/h10,16-18,20,22-23,26,28H,4-9,11-14H2,1-3H3/t16-,17-,18+,20-,22?,23+,24-,25-/m0/s1. The van der Waals surface area contributed by atoms with E-state index in [1.807, 2.05) is 6.92 Å². The summed E-state index contributed by atoms with van der Waals surface area (Å²) in [6.45, 7) is 6.69. The molecule has 2 N–H and O–H groups in total. The number of ether oxygens (including phenoxy) is 2. The molecule has 1 unspecified atom stereocenters. The molecule has 0 aromatic rings. The number of aliphatic hydroxyl groups is 2. The van der Waals surface area contributed by atoms with E-state index in [4.69, 9.17) is 9.47 Å². The van der Waals surface area contributed by atoms with Gasteiger partial charge in [0.2, 0.25) is 0 Å². The zero-order valence-electron chi connectivity index (χ0n) is 19.1. The van der Waals surface area contributed by atoms with Gasteiger partial charge in [-0.25, -0.2) is 0 Å². The van der Waals surface area contributed by atoms with E-state index in [-0.39, 0.29) is 41.0 Å². The molecule has 3 fully saturated rings. The van der Waals surface area contributed by atoms with Crippen LogP contribution in [-0.2, 0) is 19.1 Å². The normalized spacial score (nSPS) is 44.3. The van der Waals surface area contributed by atoms with Crippen LogP contribution in [0.1, 0.15) is 65.7 Å². The SMILES string of the molecule is CCCOCOC1C[C@@]2(C)C(=CC1=O)CC[C@@H]1[C@@H]2[C@@H](O)C[C@]2(C)[C@@H](C(=O)CO)CC[C@@H]12. The number of carbonyl (C=O) groups excluding carboxylic acids is 2. The van der Waals surface area contributed by atoms with Crippen LogP contribution in [0.3, 0.4) is 0 Å². The van der Waals surface area contributed by atoms with Crippen molar-refractivity contribution in [1.29, 1.82) is 0 Å². The second kappa shape index (κ2) is 8.69. The minimum Gasteiger partial charge on any atom is -0.393 e. The number of rotatable bonds is 7. The number of fused-ring (bicyclic) bond motifs is 5. The molecule has 6 nitrogen and oxygen atoms in total. The van der Waals surface area contributed by atoms with Gasteiger partial charge in [0.25, 0.3) is 0 Å². The summed E-state index contributed by atoms with van der Waals surface area (Å²) in [5.74, 6) is 0.506. The summed E-state index contributed by atoms with van der Waals surface area (Å²) >= 11 is 0. The Morgan fingerprint density at radius 1 is 1.23 bits per heavy atom. The Morgan fingerprint density at radius 3 is 2.71 bits per heavy atom. The highest BCUT2D eigenvalue weighted by Crippen LogP contribution is 2.66. The minimum absolute atomic E-state index is 0.00985. The molecule has 0 aliphatic heterocycles. The molecule has 4 rings (SSSR count). The summed E-state index contributed by atoms with van der Waals surface area (Å²) in [4.78, 5) is 25.2. The fourth-order valence-electron chi connectivity index (χ4n) is 7.84. The van der Waals surface area contributed by atoms with Crippen LogP contribution in [0.2, 0.25) is 0 Å². The topological polar surface area (TPSA) is 93.1 Å². The van der Waals surface area contributed by atoms with Crippen LogP contribution >= 0.6 is 0 Å². The van der Waals surface area contributed by atoms with Crippen molar-refractivity contribution in [2.24, 2.45) is 34.5 Å². The first-order valence-electron chi connectivity index (χ1n) is 12.0. The maximum absolute atomic E-state index is 12.7. The number of hydrogen-bond donors (Lipinski definition) is 2. The Bertz CT molecular complexity index is 746. The number of carbonyl (C=O) groups is 2. The van der Waals surface area contributed by atoms with Gasteiger partial charge in [-0.2, -0.15) is 0 Å². The Labute approximate surface area is 185 Å². The Kier molecular flexibility index (Phi) is 6.48. The van der Waals surface area contributed by atoms with Crippen molar-refractivity contribution in [2.45, 2.75) is 77.9 Å². The molecule has 0 aromatic heterocycles. The molecule has 31 heavy (non-hydrogen) atoms. The van der Waals surface area contributed by atoms with Crippen molar-refractivity contribution in [3.8, 4) is 0 Å². The summed E-state index contributed by atoms with van der Waals surface area (Å²) in [5, 5.41) is 20.9. The van der Waals surface area contributed by atoms with Crippen LogP contribution in [0, 0.1) is 34.5 Å². The molecular weight excluding hydrogens is 396 g/mol. The van der Waals surface area contributed by atoms with Crippen LogP contribution in [0.5, 0.6) is 0 Å². The lowest BCUT2D eigenvalue weighted by Gasteiger charge is -2.60. The van der Waals surface area contributed by atoms with E-state index in [0.717, 1.165) is 37.7 Å². The maximum Gasteiger partial charge on any atom is 0.184 e. The number of aliphatic hydroxyl groups excluding tert-OH is 2. The molecule has 3 saturated carbocycles. The van der Waals surface area contributed by atoms with Crippen molar-refractivity contribution in [2.75, 3.05) is 20.0 Å². The Morgan fingerprint density at radius 2 is 2.00 bits per heavy atom. The molecule has 8 atom stereocenters. The maximum atomic E-state index is 12.7. The fraction of sp³-hybridized carbons (Fsp3) is 0.840. The first-order chi connectivity index (χ1) is 14.8. The van der Waals surface area contributed by atoms with E-state index in [9.17, 15) is 19.8 Å². The van der Waals surface area contributed by atoms with E-state index in [0.29, 0.717) is 31.3 Å². The average molecular weight is 435 g/mol. The first kappa shape index (κ1) is 23.1. The summed E-state index contributed by atoms with van der Waals surface area (Å²) in [7, 11) is 0. The highest BCUT2D eigenvalue weighted by Gasteiger charge is 2.63. The molecule has 0 bridgehead atoms. The number of ketones is 2. The first-order valence-corrected chi connectivity index (χ1v) is 12.0. The van der Waals surface area contributed by atoms with E-state index in [1.54, 1.807) is 6.08 Å².